The SMILES string of the molecule is C=C1NC(=O)C=C(CCOC(=O)/C=C/C(=O)OCC(C)C)N1. The van der Waals surface area contributed by atoms with Crippen LogP contribution in [0.4, 0.5) is 0 Å². The third-order valence-electron chi connectivity index (χ3n) is 2.42. The Labute approximate surface area is 129 Å². The molecule has 0 aromatic heterocycles. The highest BCUT2D eigenvalue weighted by molar-refractivity contribution is 5.92. The van der Waals surface area contributed by atoms with Gasteiger partial charge in [-0.1, -0.05) is 20.4 Å². The molecule has 0 unspecified atom stereocenters. The summed E-state index contributed by atoms with van der Waals surface area (Å²) in [6, 6.07) is 0. The summed E-state index contributed by atoms with van der Waals surface area (Å²) in [5.41, 5.74) is 0.599. The van der Waals surface area contributed by atoms with Gasteiger partial charge in [-0.25, -0.2) is 9.59 Å². The van der Waals surface area contributed by atoms with Crippen molar-refractivity contribution in [1.82, 2.24) is 10.6 Å². The molecule has 0 saturated carbocycles. The first kappa shape index (κ1) is 17.5. The van der Waals surface area contributed by atoms with Gasteiger partial charge in [0.15, 0.2) is 0 Å². The highest BCUT2D eigenvalue weighted by atomic mass is 16.5. The van der Waals surface area contributed by atoms with Crippen molar-refractivity contribution in [2.45, 2.75) is 20.3 Å². The van der Waals surface area contributed by atoms with E-state index in [4.69, 9.17) is 9.47 Å². The molecule has 0 saturated heterocycles. The highest BCUT2D eigenvalue weighted by Crippen LogP contribution is 2.04. The molecular weight excluding hydrogens is 288 g/mol. The van der Waals surface area contributed by atoms with E-state index in [2.05, 4.69) is 17.2 Å². The maximum atomic E-state index is 11.4. The lowest BCUT2D eigenvalue weighted by atomic mass is 10.2. The van der Waals surface area contributed by atoms with Crippen molar-refractivity contribution in [2.24, 2.45) is 5.92 Å². The van der Waals surface area contributed by atoms with E-state index in [1.807, 2.05) is 13.8 Å². The minimum absolute atomic E-state index is 0.0730. The van der Waals surface area contributed by atoms with E-state index in [0.717, 1.165) is 12.2 Å². The average molecular weight is 308 g/mol. The van der Waals surface area contributed by atoms with E-state index in [1.165, 1.54) is 6.08 Å². The summed E-state index contributed by atoms with van der Waals surface area (Å²) in [5, 5.41) is 5.32. The molecule has 1 rings (SSSR count). The zero-order chi connectivity index (χ0) is 16.5. The number of carbonyl (C=O) groups excluding carboxylic acids is 3. The van der Waals surface area contributed by atoms with Crippen molar-refractivity contribution in [2.75, 3.05) is 13.2 Å². The molecule has 120 valence electrons. The van der Waals surface area contributed by atoms with Crippen molar-refractivity contribution in [3.8, 4) is 0 Å². The van der Waals surface area contributed by atoms with Crippen LogP contribution in [0, 0.1) is 5.92 Å². The fourth-order valence-electron chi connectivity index (χ4n) is 1.48. The van der Waals surface area contributed by atoms with Gasteiger partial charge >= 0.3 is 11.9 Å². The minimum atomic E-state index is -0.652. The van der Waals surface area contributed by atoms with Gasteiger partial charge in [-0.05, 0) is 5.92 Å². The Balaban J connectivity index is 2.27. The van der Waals surface area contributed by atoms with E-state index in [0.29, 0.717) is 24.5 Å². The monoisotopic (exact) mass is 308 g/mol. The minimum Gasteiger partial charge on any atom is -0.462 e. The first-order valence-electron chi connectivity index (χ1n) is 6.86. The Kier molecular flexibility index (Phi) is 6.88. The van der Waals surface area contributed by atoms with Crippen LogP contribution in [0.5, 0.6) is 0 Å². The lowest BCUT2D eigenvalue weighted by Gasteiger charge is -2.18. The molecule has 0 aliphatic carbocycles. The second-order valence-corrected chi connectivity index (χ2v) is 5.04. The van der Waals surface area contributed by atoms with Crippen LogP contribution in [0.2, 0.25) is 0 Å². The predicted molar refractivity (Wildman–Crippen MR) is 79.0 cm³/mol. The highest BCUT2D eigenvalue weighted by Gasteiger charge is 2.11. The summed E-state index contributed by atoms with van der Waals surface area (Å²) in [6.07, 6.45) is 3.74. The van der Waals surface area contributed by atoms with Crippen molar-refractivity contribution < 1.29 is 23.9 Å². The number of hydrogen-bond donors (Lipinski definition) is 2. The van der Waals surface area contributed by atoms with Crippen LogP contribution in [0.15, 0.2) is 36.3 Å². The summed E-state index contributed by atoms with van der Waals surface area (Å²) in [6.45, 7) is 7.77. The molecule has 22 heavy (non-hydrogen) atoms. The molecular formula is C15H20N2O5. The second kappa shape index (κ2) is 8.66. The third-order valence-corrected chi connectivity index (χ3v) is 2.42. The first-order valence-corrected chi connectivity index (χ1v) is 6.86. The molecule has 1 heterocycles. The zero-order valence-corrected chi connectivity index (χ0v) is 12.7. The van der Waals surface area contributed by atoms with Gasteiger partial charge in [-0.2, -0.15) is 0 Å². The van der Waals surface area contributed by atoms with Crippen LogP contribution in [0.1, 0.15) is 20.3 Å². The van der Waals surface area contributed by atoms with Crippen molar-refractivity contribution >= 4 is 17.8 Å². The van der Waals surface area contributed by atoms with Gasteiger partial charge < -0.3 is 20.1 Å². The van der Waals surface area contributed by atoms with Gasteiger partial charge in [0.25, 0.3) is 5.91 Å². The molecule has 2 N–H and O–H groups in total. The van der Waals surface area contributed by atoms with Crippen molar-refractivity contribution in [3.05, 3.63) is 36.3 Å². The number of nitrogens with one attached hydrogen (secondary N) is 2. The van der Waals surface area contributed by atoms with Gasteiger partial charge in [0.2, 0.25) is 0 Å². The van der Waals surface area contributed by atoms with Crippen LogP contribution < -0.4 is 10.6 Å². The molecule has 1 amide bonds. The zero-order valence-electron chi connectivity index (χ0n) is 12.7. The lowest BCUT2D eigenvalue weighted by molar-refractivity contribution is -0.141. The Bertz CT molecular complexity index is 520. The molecule has 7 nitrogen and oxygen atoms in total. The fourth-order valence-corrected chi connectivity index (χ4v) is 1.48. The van der Waals surface area contributed by atoms with Gasteiger partial charge in [0.1, 0.15) is 5.82 Å². The number of ether oxygens (including phenoxy) is 2. The number of carbonyl (C=O) groups is 3. The van der Waals surface area contributed by atoms with E-state index in [1.54, 1.807) is 0 Å². The molecule has 0 bridgehead atoms. The molecule has 0 aromatic carbocycles. The smallest absolute Gasteiger partial charge is 0.331 e. The standard InChI is InChI=1S/C15H20N2O5/c1-10(2)9-22-15(20)5-4-14(19)21-7-6-12-8-13(18)17-11(3)16-12/h4-5,8,10,16H,3,6-7,9H2,1-2H3,(H,17,18)/b5-4+. The topological polar surface area (TPSA) is 93.7 Å². The quantitative estimate of drug-likeness (QED) is 0.532. The number of hydrogen-bond acceptors (Lipinski definition) is 6. The number of esters is 2. The Morgan fingerprint density at radius 3 is 2.45 bits per heavy atom. The fraction of sp³-hybridized carbons (Fsp3) is 0.400. The average Bonchev–Trinajstić information content (AvgIpc) is 2.41. The molecule has 1 aliphatic heterocycles. The predicted octanol–water partition coefficient (Wildman–Crippen LogP) is 0.750. The maximum Gasteiger partial charge on any atom is 0.331 e. The molecule has 0 fully saturated rings. The molecule has 1 aliphatic rings. The van der Waals surface area contributed by atoms with E-state index in [-0.39, 0.29) is 18.4 Å². The third kappa shape index (κ3) is 7.28. The van der Waals surface area contributed by atoms with Crippen molar-refractivity contribution in [3.63, 3.8) is 0 Å². The maximum absolute atomic E-state index is 11.4. The van der Waals surface area contributed by atoms with Gasteiger partial charge in [-0.3, -0.25) is 4.79 Å². The Hall–Kier alpha value is -2.57. The lowest BCUT2D eigenvalue weighted by Crippen LogP contribution is -2.35. The largest absolute Gasteiger partial charge is 0.462 e. The molecule has 0 spiro atoms. The Morgan fingerprint density at radius 1 is 1.23 bits per heavy atom. The summed E-state index contributed by atoms with van der Waals surface area (Å²) in [7, 11) is 0. The van der Waals surface area contributed by atoms with E-state index in [9.17, 15) is 14.4 Å². The number of amides is 1. The van der Waals surface area contributed by atoms with Gasteiger partial charge in [0, 0.05) is 30.3 Å². The second-order valence-electron chi connectivity index (χ2n) is 5.04. The van der Waals surface area contributed by atoms with Crippen molar-refractivity contribution in [1.29, 1.82) is 0 Å². The van der Waals surface area contributed by atoms with Crippen LogP contribution in [-0.2, 0) is 23.9 Å². The first-order chi connectivity index (χ1) is 10.4. The Morgan fingerprint density at radius 2 is 1.86 bits per heavy atom. The van der Waals surface area contributed by atoms with Crippen LogP contribution in [0.3, 0.4) is 0 Å². The summed E-state index contributed by atoms with van der Waals surface area (Å²) < 4.78 is 9.79. The summed E-state index contributed by atoms with van der Waals surface area (Å²) in [5.74, 6) is -0.913. The summed E-state index contributed by atoms with van der Waals surface area (Å²) in [4.78, 5) is 33.9. The molecule has 0 atom stereocenters. The van der Waals surface area contributed by atoms with Gasteiger partial charge in [-0.15, -0.1) is 0 Å². The van der Waals surface area contributed by atoms with Crippen LogP contribution >= 0.6 is 0 Å². The van der Waals surface area contributed by atoms with Crippen LogP contribution in [-0.4, -0.2) is 31.1 Å². The van der Waals surface area contributed by atoms with Gasteiger partial charge in [0.05, 0.1) is 13.2 Å². The normalized spacial score (nSPS) is 14.4. The molecule has 7 heteroatoms. The number of rotatable bonds is 7. The molecule has 0 aromatic rings. The summed E-state index contributed by atoms with van der Waals surface area (Å²) >= 11 is 0. The molecule has 0 radical (unpaired) electrons. The van der Waals surface area contributed by atoms with Crippen LogP contribution in [0.25, 0.3) is 0 Å². The van der Waals surface area contributed by atoms with E-state index >= 15 is 0 Å². The van der Waals surface area contributed by atoms with E-state index < -0.39 is 11.9 Å².